The van der Waals surface area contributed by atoms with Crippen molar-refractivity contribution >= 4 is 15.9 Å². The minimum atomic E-state index is -0.247. The van der Waals surface area contributed by atoms with Gasteiger partial charge in [-0.3, -0.25) is 0 Å². The van der Waals surface area contributed by atoms with E-state index >= 15 is 0 Å². The minimum Gasteiger partial charge on any atom is -0.504 e. The fourth-order valence-electron chi connectivity index (χ4n) is 1.49. The maximum absolute atomic E-state index is 9.61. The lowest BCUT2D eigenvalue weighted by Gasteiger charge is -2.13. The molecule has 0 saturated heterocycles. The van der Waals surface area contributed by atoms with Crippen LogP contribution < -0.4 is 10.5 Å². The van der Waals surface area contributed by atoms with E-state index in [1.807, 2.05) is 0 Å². The average Bonchev–Trinajstić information content (AvgIpc) is 2.88. The van der Waals surface area contributed by atoms with Gasteiger partial charge < -0.3 is 15.6 Å². The van der Waals surface area contributed by atoms with Crippen LogP contribution in [0.5, 0.6) is 11.5 Å². The Bertz CT molecular complexity index is 375. The van der Waals surface area contributed by atoms with E-state index in [0.717, 1.165) is 22.9 Å². The number of methoxy groups -OCH3 is 1. The summed E-state index contributed by atoms with van der Waals surface area (Å²) in [5.41, 5.74) is 6.75. The van der Waals surface area contributed by atoms with Crippen molar-refractivity contribution < 1.29 is 9.84 Å². The minimum absolute atomic E-state index is 0.141. The molecule has 1 aromatic carbocycles. The molecule has 0 heterocycles. The van der Waals surface area contributed by atoms with Crippen molar-refractivity contribution in [2.75, 3.05) is 7.11 Å². The largest absolute Gasteiger partial charge is 0.504 e. The number of phenolic OH excluding ortho intramolecular Hbond substituents is 1. The summed E-state index contributed by atoms with van der Waals surface area (Å²) < 4.78 is 5.89. The van der Waals surface area contributed by atoms with Gasteiger partial charge in [0.15, 0.2) is 11.5 Å². The third-order valence-electron chi connectivity index (χ3n) is 2.59. The van der Waals surface area contributed by atoms with Crippen LogP contribution in [0.15, 0.2) is 16.6 Å². The molecule has 0 amide bonds. The number of rotatable bonds is 2. The second kappa shape index (κ2) is 3.14. The molecule has 4 heteroatoms. The maximum Gasteiger partial charge on any atom is 0.161 e. The zero-order valence-electron chi connectivity index (χ0n) is 7.88. The van der Waals surface area contributed by atoms with Crippen molar-refractivity contribution in [3.63, 3.8) is 0 Å². The summed E-state index contributed by atoms with van der Waals surface area (Å²) >= 11 is 3.43. The van der Waals surface area contributed by atoms with Crippen molar-refractivity contribution in [2.45, 2.75) is 18.4 Å². The number of ether oxygens (including phenoxy) is 1. The molecular weight excluding hydrogens is 246 g/mol. The molecule has 76 valence electrons. The molecule has 1 aliphatic rings. The Balaban J connectivity index is 2.48. The molecule has 1 aromatic rings. The first-order valence-corrected chi connectivity index (χ1v) is 5.22. The molecule has 1 saturated carbocycles. The van der Waals surface area contributed by atoms with Gasteiger partial charge in [0.05, 0.1) is 7.11 Å². The molecule has 1 aliphatic carbocycles. The van der Waals surface area contributed by atoms with E-state index in [1.54, 1.807) is 12.1 Å². The summed E-state index contributed by atoms with van der Waals surface area (Å²) in [5, 5.41) is 9.61. The van der Waals surface area contributed by atoms with Crippen molar-refractivity contribution in [3.05, 3.63) is 22.2 Å². The number of benzene rings is 1. The summed E-state index contributed by atoms with van der Waals surface area (Å²) in [7, 11) is 1.52. The Morgan fingerprint density at radius 2 is 2.14 bits per heavy atom. The summed E-state index contributed by atoms with van der Waals surface area (Å²) in [4.78, 5) is 0. The highest BCUT2D eigenvalue weighted by molar-refractivity contribution is 9.10. The monoisotopic (exact) mass is 257 g/mol. The normalized spacial score (nSPS) is 17.9. The first-order chi connectivity index (χ1) is 6.57. The average molecular weight is 258 g/mol. The lowest BCUT2D eigenvalue weighted by Crippen LogP contribution is -2.19. The van der Waals surface area contributed by atoms with Gasteiger partial charge in [-0.1, -0.05) is 15.9 Å². The second-order valence-electron chi connectivity index (χ2n) is 3.66. The van der Waals surface area contributed by atoms with Crippen molar-refractivity contribution in [3.8, 4) is 11.5 Å². The molecule has 3 N–H and O–H groups in total. The SMILES string of the molecule is COc1cc(Br)c(C2(N)CC2)cc1O. The van der Waals surface area contributed by atoms with Crippen molar-refractivity contribution in [1.82, 2.24) is 0 Å². The summed E-state index contributed by atoms with van der Waals surface area (Å²) in [6.07, 6.45) is 1.94. The Morgan fingerprint density at radius 3 is 2.64 bits per heavy atom. The number of nitrogens with two attached hydrogens (primary N) is 1. The molecule has 14 heavy (non-hydrogen) atoms. The van der Waals surface area contributed by atoms with Gasteiger partial charge >= 0.3 is 0 Å². The molecular formula is C10H12BrNO2. The van der Waals surface area contributed by atoms with Crippen LogP contribution in [-0.4, -0.2) is 12.2 Å². The zero-order valence-corrected chi connectivity index (χ0v) is 9.47. The van der Waals surface area contributed by atoms with Crippen LogP contribution in [0.4, 0.5) is 0 Å². The van der Waals surface area contributed by atoms with Gasteiger partial charge in [0.25, 0.3) is 0 Å². The molecule has 0 aliphatic heterocycles. The predicted octanol–water partition coefficient (Wildman–Crippen LogP) is 2.11. The van der Waals surface area contributed by atoms with Gasteiger partial charge in [-0.25, -0.2) is 0 Å². The smallest absolute Gasteiger partial charge is 0.161 e. The molecule has 0 bridgehead atoms. The fraction of sp³-hybridized carbons (Fsp3) is 0.400. The van der Waals surface area contributed by atoms with Crippen LogP contribution in [0.2, 0.25) is 0 Å². The van der Waals surface area contributed by atoms with Crippen LogP contribution in [0, 0.1) is 0 Å². The van der Waals surface area contributed by atoms with Crippen LogP contribution >= 0.6 is 15.9 Å². The number of hydrogen-bond donors (Lipinski definition) is 2. The molecule has 0 atom stereocenters. The van der Waals surface area contributed by atoms with Gasteiger partial charge in [0.1, 0.15) is 0 Å². The maximum atomic E-state index is 9.61. The molecule has 3 nitrogen and oxygen atoms in total. The lowest BCUT2D eigenvalue weighted by molar-refractivity contribution is 0.372. The summed E-state index contributed by atoms with van der Waals surface area (Å²) in [6.45, 7) is 0. The quantitative estimate of drug-likeness (QED) is 0.854. The Labute approximate surface area is 91.0 Å². The Morgan fingerprint density at radius 1 is 1.50 bits per heavy atom. The number of aromatic hydroxyl groups is 1. The third-order valence-corrected chi connectivity index (χ3v) is 3.25. The molecule has 0 radical (unpaired) electrons. The van der Waals surface area contributed by atoms with Gasteiger partial charge in [-0.05, 0) is 30.5 Å². The molecule has 0 spiro atoms. The van der Waals surface area contributed by atoms with E-state index in [1.165, 1.54) is 7.11 Å². The van der Waals surface area contributed by atoms with Crippen LogP contribution in [0.3, 0.4) is 0 Å². The van der Waals surface area contributed by atoms with E-state index in [4.69, 9.17) is 10.5 Å². The summed E-state index contributed by atoms with van der Waals surface area (Å²) in [5.74, 6) is 0.604. The van der Waals surface area contributed by atoms with Gasteiger partial charge in [-0.2, -0.15) is 0 Å². The van der Waals surface area contributed by atoms with Gasteiger partial charge in [0, 0.05) is 10.0 Å². The van der Waals surface area contributed by atoms with E-state index in [0.29, 0.717) is 5.75 Å². The number of hydrogen-bond acceptors (Lipinski definition) is 3. The second-order valence-corrected chi connectivity index (χ2v) is 4.51. The molecule has 1 fully saturated rings. The highest BCUT2D eigenvalue weighted by atomic mass is 79.9. The zero-order chi connectivity index (χ0) is 10.3. The Hall–Kier alpha value is -0.740. The third kappa shape index (κ3) is 1.48. The molecule has 2 rings (SSSR count). The standard InChI is InChI=1S/C10H12BrNO2/c1-14-9-5-7(11)6(4-8(9)13)10(12)2-3-10/h4-5,13H,2-3,12H2,1H3. The van der Waals surface area contributed by atoms with Gasteiger partial charge in [0.2, 0.25) is 0 Å². The first-order valence-electron chi connectivity index (χ1n) is 4.43. The number of halogens is 1. The van der Waals surface area contributed by atoms with Crippen molar-refractivity contribution in [2.24, 2.45) is 5.73 Å². The topological polar surface area (TPSA) is 55.5 Å². The Kier molecular flexibility index (Phi) is 2.20. The highest BCUT2D eigenvalue weighted by Gasteiger charge is 2.41. The van der Waals surface area contributed by atoms with Crippen LogP contribution in [-0.2, 0) is 5.54 Å². The predicted molar refractivity (Wildman–Crippen MR) is 57.5 cm³/mol. The number of phenols is 1. The van der Waals surface area contributed by atoms with E-state index in [-0.39, 0.29) is 11.3 Å². The summed E-state index contributed by atoms with van der Waals surface area (Å²) in [6, 6.07) is 3.42. The molecule has 0 unspecified atom stereocenters. The van der Waals surface area contributed by atoms with Gasteiger partial charge in [-0.15, -0.1) is 0 Å². The van der Waals surface area contributed by atoms with E-state index in [9.17, 15) is 5.11 Å². The fourth-order valence-corrected chi connectivity index (χ4v) is 2.21. The van der Waals surface area contributed by atoms with E-state index < -0.39 is 0 Å². The molecule has 0 aromatic heterocycles. The lowest BCUT2D eigenvalue weighted by atomic mass is 10.1. The van der Waals surface area contributed by atoms with E-state index in [2.05, 4.69) is 15.9 Å². The van der Waals surface area contributed by atoms with Crippen molar-refractivity contribution in [1.29, 1.82) is 0 Å². The van der Waals surface area contributed by atoms with Crippen LogP contribution in [0.1, 0.15) is 18.4 Å². The van der Waals surface area contributed by atoms with Crippen LogP contribution in [0.25, 0.3) is 0 Å². The first kappa shape index (κ1) is 9.80. The highest BCUT2D eigenvalue weighted by Crippen LogP contribution is 2.48.